The number of nitrogens with one attached hydrogen (secondary N) is 1. The van der Waals surface area contributed by atoms with Crippen LogP contribution < -0.4 is 0 Å². The van der Waals surface area contributed by atoms with Crippen LogP contribution in [0.1, 0.15) is 18.4 Å². The summed E-state index contributed by atoms with van der Waals surface area (Å²) in [4.78, 5) is 18.5. The SMILES string of the molecule is O=C(O)/C=C/c1ccc2[nH]c(-c3cn(CC4CC4)cn3)cc2c1. The van der Waals surface area contributed by atoms with Crippen LogP contribution in [0.2, 0.25) is 0 Å². The summed E-state index contributed by atoms with van der Waals surface area (Å²) in [6.45, 7) is 1.05. The predicted molar refractivity (Wildman–Crippen MR) is 88.9 cm³/mol. The van der Waals surface area contributed by atoms with Crippen molar-refractivity contribution in [2.45, 2.75) is 19.4 Å². The summed E-state index contributed by atoms with van der Waals surface area (Å²) in [6, 6.07) is 7.88. The van der Waals surface area contributed by atoms with Crippen LogP contribution in [0, 0.1) is 5.92 Å². The zero-order chi connectivity index (χ0) is 15.8. The van der Waals surface area contributed by atoms with E-state index in [1.54, 1.807) is 6.08 Å². The molecule has 0 saturated heterocycles. The predicted octanol–water partition coefficient (Wildman–Crippen LogP) is 3.54. The molecule has 0 bridgehead atoms. The van der Waals surface area contributed by atoms with E-state index in [1.807, 2.05) is 24.5 Å². The molecule has 1 aliphatic rings. The molecule has 0 amide bonds. The lowest BCUT2D eigenvalue weighted by molar-refractivity contribution is -0.131. The van der Waals surface area contributed by atoms with E-state index in [-0.39, 0.29) is 0 Å². The van der Waals surface area contributed by atoms with E-state index in [9.17, 15) is 4.79 Å². The number of aromatic amines is 1. The van der Waals surface area contributed by atoms with Crippen LogP contribution in [0.3, 0.4) is 0 Å². The second-order valence-electron chi connectivity index (χ2n) is 6.10. The Balaban J connectivity index is 1.62. The Morgan fingerprint density at radius 3 is 3.04 bits per heavy atom. The van der Waals surface area contributed by atoms with Gasteiger partial charge in [0.25, 0.3) is 0 Å². The van der Waals surface area contributed by atoms with Gasteiger partial charge in [-0.25, -0.2) is 9.78 Å². The number of hydrogen-bond donors (Lipinski definition) is 2. The van der Waals surface area contributed by atoms with Crippen molar-refractivity contribution in [3.63, 3.8) is 0 Å². The Bertz CT molecular complexity index is 900. The number of rotatable bonds is 5. The van der Waals surface area contributed by atoms with Crippen LogP contribution in [-0.2, 0) is 11.3 Å². The van der Waals surface area contributed by atoms with Crippen molar-refractivity contribution < 1.29 is 9.90 Å². The van der Waals surface area contributed by atoms with Crippen molar-refractivity contribution in [3.8, 4) is 11.4 Å². The fraction of sp³-hybridized carbons (Fsp3) is 0.222. The first kappa shape index (κ1) is 13.8. The number of carbonyl (C=O) groups is 1. The summed E-state index contributed by atoms with van der Waals surface area (Å²) in [5.41, 5.74) is 3.80. The first-order chi connectivity index (χ1) is 11.2. The van der Waals surface area contributed by atoms with Crippen LogP contribution in [-0.4, -0.2) is 25.6 Å². The largest absolute Gasteiger partial charge is 0.478 e. The fourth-order valence-electron chi connectivity index (χ4n) is 2.76. The Morgan fingerprint density at radius 1 is 1.39 bits per heavy atom. The third-order valence-electron chi connectivity index (χ3n) is 4.14. The first-order valence-electron chi connectivity index (χ1n) is 7.73. The van der Waals surface area contributed by atoms with E-state index in [1.165, 1.54) is 12.8 Å². The van der Waals surface area contributed by atoms with Gasteiger partial charge in [-0.3, -0.25) is 0 Å². The highest BCUT2D eigenvalue weighted by Gasteiger charge is 2.21. The van der Waals surface area contributed by atoms with E-state index in [0.717, 1.165) is 46.4 Å². The minimum absolute atomic E-state index is 0.823. The lowest BCUT2D eigenvalue weighted by atomic mass is 10.1. The van der Waals surface area contributed by atoms with Gasteiger partial charge < -0.3 is 14.7 Å². The number of benzene rings is 1. The lowest BCUT2D eigenvalue weighted by Crippen LogP contribution is -1.94. The molecule has 2 N–H and O–H groups in total. The van der Waals surface area contributed by atoms with E-state index in [4.69, 9.17) is 5.11 Å². The van der Waals surface area contributed by atoms with Crippen molar-refractivity contribution in [2.24, 2.45) is 5.92 Å². The van der Waals surface area contributed by atoms with E-state index in [2.05, 4.69) is 26.8 Å². The van der Waals surface area contributed by atoms with Gasteiger partial charge in [-0.2, -0.15) is 0 Å². The van der Waals surface area contributed by atoms with Crippen LogP contribution in [0.4, 0.5) is 0 Å². The maximum atomic E-state index is 10.6. The van der Waals surface area contributed by atoms with Gasteiger partial charge in [0, 0.05) is 29.7 Å². The van der Waals surface area contributed by atoms with Gasteiger partial charge in [0.15, 0.2) is 0 Å². The molecule has 23 heavy (non-hydrogen) atoms. The summed E-state index contributed by atoms with van der Waals surface area (Å²) in [7, 11) is 0. The smallest absolute Gasteiger partial charge is 0.328 e. The monoisotopic (exact) mass is 307 g/mol. The molecule has 2 heterocycles. The molecule has 1 fully saturated rings. The third-order valence-corrected chi connectivity index (χ3v) is 4.14. The summed E-state index contributed by atoms with van der Waals surface area (Å²) in [5.74, 6) is -0.121. The zero-order valence-electron chi connectivity index (χ0n) is 12.6. The number of carboxylic acid groups (broad SMARTS) is 1. The Hall–Kier alpha value is -2.82. The van der Waals surface area contributed by atoms with E-state index < -0.39 is 5.97 Å². The van der Waals surface area contributed by atoms with Crippen molar-refractivity contribution >= 4 is 22.9 Å². The fourth-order valence-corrected chi connectivity index (χ4v) is 2.76. The number of nitrogens with zero attached hydrogens (tertiary/aromatic N) is 2. The maximum Gasteiger partial charge on any atom is 0.328 e. The molecule has 0 aliphatic heterocycles. The van der Waals surface area contributed by atoms with Gasteiger partial charge in [0.05, 0.1) is 12.0 Å². The molecule has 2 aromatic heterocycles. The topological polar surface area (TPSA) is 70.9 Å². The van der Waals surface area contributed by atoms with Gasteiger partial charge >= 0.3 is 5.97 Å². The minimum Gasteiger partial charge on any atom is -0.478 e. The summed E-state index contributed by atoms with van der Waals surface area (Å²) < 4.78 is 2.15. The average Bonchev–Trinajstić information content (AvgIpc) is 3.06. The van der Waals surface area contributed by atoms with Crippen LogP contribution in [0.5, 0.6) is 0 Å². The standard InChI is InChI=1S/C18H17N3O2/c22-18(23)6-4-12-3-5-15-14(7-12)8-16(20-15)17-10-21(11-19-17)9-13-1-2-13/h3-8,10-11,13,20H,1-2,9H2,(H,22,23)/b6-4+. The molecular weight excluding hydrogens is 290 g/mol. The number of aliphatic carboxylic acids is 1. The number of imidazole rings is 1. The van der Waals surface area contributed by atoms with Gasteiger partial charge in [-0.05, 0) is 48.6 Å². The second kappa shape index (κ2) is 5.43. The Kier molecular flexibility index (Phi) is 3.26. The van der Waals surface area contributed by atoms with Crippen LogP contribution in [0.25, 0.3) is 28.4 Å². The second-order valence-corrected chi connectivity index (χ2v) is 6.10. The molecule has 4 rings (SSSR count). The summed E-state index contributed by atoms with van der Waals surface area (Å²) in [5, 5.41) is 9.75. The lowest BCUT2D eigenvalue weighted by Gasteiger charge is -1.96. The van der Waals surface area contributed by atoms with Crippen molar-refractivity contribution in [1.82, 2.24) is 14.5 Å². The Morgan fingerprint density at radius 2 is 2.26 bits per heavy atom. The number of aromatic nitrogens is 3. The summed E-state index contributed by atoms with van der Waals surface area (Å²) in [6.07, 6.45) is 9.36. The molecule has 0 spiro atoms. The Labute approximate surface area is 133 Å². The summed E-state index contributed by atoms with van der Waals surface area (Å²) >= 11 is 0. The van der Waals surface area contributed by atoms with E-state index in [0.29, 0.717) is 0 Å². The van der Waals surface area contributed by atoms with Crippen molar-refractivity contribution in [1.29, 1.82) is 0 Å². The van der Waals surface area contributed by atoms with Crippen LogP contribution in [0.15, 0.2) is 42.9 Å². The molecule has 1 aromatic carbocycles. The molecular formula is C18H17N3O2. The van der Waals surface area contributed by atoms with Crippen molar-refractivity contribution in [3.05, 3.63) is 48.4 Å². The molecule has 0 unspecified atom stereocenters. The molecule has 5 heteroatoms. The third kappa shape index (κ3) is 3.04. The van der Waals surface area contributed by atoms with E-state index >= 15 is 0 Å². The highest BCUT2D eigenvalue weighted by atomic mass is 16.4. The molecule has 0 atom stereocenters. The first-order valence-corrected chi connectivity index (χ1v) is 7.73. The molecule has 3 aromatic rings. The van der Waals surface area contributed by atoms with Gasteiger partial charge in [-0.15, -0.1) is 0 Å². The van der Waals surface area contributed by atoms with Crippen molar-refractivity contribution in [2.75, 3.05) is 0 Å². The number of carboxylic acids is 1. The highest BCUT2D eigenvalue weighted by molar-refractivity contribution is 5.89. The van der Waals surface area contributed by atoms with Crippen LogP contribution >= 0.6 is 0 Å². The number of fused-ring (bicyclic) bond motifs is 1. The molecule has 1 saturated carbocycles. The van der Waals surface area contributed by atoms with Gasteiger partial charge in [0.2, 0.25) is 0 Å². The molecule has 0 radical (unpaired) electrons. The molecule has 5 nitrogen and oxygen atoms in total. The molecule has 116 valence electrons. The highest BCUT2D eigenvalue weighted by Crippen LogP contribution is 2.31. The normalized spacial score (nSPS) is 14.8. The zero-order valence-corrected chi connectivity index (χ0v) is 12.6. The average molecular weight is 307 g/mol. The maximum absolute atomic E-state index is 10.6. The quantitative estimate of drug-likeness (QED) is 0.708. The number of H-pyrrole nitrogens is 1. The van der Waals surface area contributed by atoms with Gasteiger partial charge in [0.1, 0.15) is 5.69 Å². The van der Waals surface area contributed by atoms with Gasteiger partial charge in [-0.1, -0.05) is 6.07 Å². The number of hydrogen-bond acceptors (Lipinski definition) is 2. The minimum atomic E-state index is -0.943. The molecule has 1 aliphatic carbocycles.